The number of thiocarbonyl (C=S) groups is 1. The van der Waals surface area contributed by atoms with Crippen molar-refractivity contribution >= 4 is 23.1 Å². The molecule has 1 aliphatic carbocycles. The number of ether oxygens (including phenoxy) is 1. The summed E-state index contributed by atoms with van der Waals surface area (Å²) in [5.74, 6) is -0.0260. The first-order valence-corrected chi connectivity index (χ1v) is 7.12. The van der Waals surface area contributed by atoms with Crippen molar-refractivity contribution in [3.63, 3.8) is 0 Å². The summed E-state index contributed by atoms with van der Waals surface area (Å²) < 4.78 is 5.30. The summed E-state index contributed by atoms with van der Waals surface area (Å²) in [6.07, 6.45) is 4.74. The Kier molecular flexibility index (Phi) is 6.02. The van der Waals surface area contributed by atoms with Crippen molar-refractivity contribution < 1.29 is 9.53 Å². The van der Waals surface area contributed by atoms with Gasteiger partial charge in [0.05, 0.1) is 17.0 Å². The van der Waals surface area contributed by atoms with E-state index in [1.807, 2.05) is 13.8 Å². The first-order chi connectivity index (χ1) is 8.53. The lowest BCUT2D eigenvalue weighted by Crippen LogP contribution is -2.52. The zero-order valence-electron chi connectivity index (χ0n) is 11.3. The molecule has 1 amide bonds. The molecule has 1 fully saturated rings. The molecule has 0 aromatic rings. The molecule has 0 aromatic carbocycles. The molecule has 0 radical (unpaired) electrons. The minimum atomic E-state index is -0.631. The summed E-state index contributed by atoms with van der Waals surface area (Å²) in [7, 11) is 0. The predicted molar refractivity (Wildman–Crippen MR) is 76.4 cm³/mol. The zero-order valence-corrected chi connectivity index (χ0v) is 12.1. The van der Waals surface area contributed by atoms with Gasteiger partial charge in [-0.15, -0.1) is 0 Å². The molecule has 1 atom stereocenters. The van der Waals surface area contributed by atoms with E-state index in [0.717, 1.165) is 32.1 Å². The average molecular weight is 272 g/mol. The molecule has 4 nitrogen and oxygen atoms in total. The van der Waals surface area contributed by atoms with Crippen molar-refractivity contribution in [2.45, 2.75) is 52.0 Å². The number of hydrogen-bond donors (Lipinski definition) is 2. The predicted octanol–water partition coefficient (Wildman–Crippen LogP) is 1.76. The van der Waals surface area contributed by atoms with Crippen molar-refractivity contribution in [2.24, 2.45) is 11.1 Å². The third kappa shape index (κ3) is 3.65. The number of nitrogens with one attached hydrogen (secondary N) is 1. The highest BCUT2D eigenvalue weighted by Crippen LogP contribution is 2.37. The Bertz CT molecular complexity index is 301. The fourth-order valence-corrected chi connectivity index (χ4v) is 2.74. The second-order valence-electron chi connectivity index (χ2n) is 5.04. The van der Waals surface area contributed by atoms with E-state index in [2.05, 4.69) is 5.32 Å². The van der Waals surface area contributed by atoms with Gasteiger partial charge in [-0.1, -0.05) is 31.5 Å². The fraction of sp³-hybridized carbons (Fsp3) is 0.846. The van der Waals surface area contributed by atoms with Gasteiger partial charge in [-0.2, -0.15) is 0 Å². The second-order valence-corrected chi connectivity index (χ2v) is 5.48. The summed E-state index contributed by atoms with van der Waals surface area (Å²) >= 11 is 5.13. The molecule has 5 heteroatoms. The van der Waals surface area contributed by atoms with Crippen molar-refractivity contribution in [3.8, 4) is 0 Å². The molecule has 1 unspecified atom stereocenters. The molecule has 18 heavy (non-hydrogen) atoms. The largest absolute Gasteiger partial charge is 0.392 e. The van der Waals surface area contributed by atoms with Crippen LogP contribution in [0.25, 0.3) is 0 Å². The van der Waals surface area contributed by atoms with Gasteiger partial charge in [-0.3, -0.25) is 4.79 Å². The topological polar surface area (TPSA) is 64.3 Å². The third-order valence-corrected chi connectivity index (χ3v) is 3.95. The van der Waals surface area contributed by atoms with Gasteiger partial charge in [0, 0.05) is 12.6 Å². The Labute approximate surface area is 115 Å². The van der Waals surface area contributed by atoms with Crippen LogP contribution in [-0.4, -0.2) is 30.2 Å². The van der Waals surface area contributed by atoms with Crippen LogP contribution in [0.15, 0.2) is 0 Å². The van der Waals surface area contributed by atoms with Gasteiger partial charge in [0.2, 0.25) is 5.91 Å². The van der Waals surface area contributed by atoms with E-state index in [4.69, 9.17) is 22.7 Å². The number of amides is 1. The van der Waals surface area contributed by atoms with Gasteiger partial charge in [0.1, 0.15) is 0 Å². The van der Waals surface area contributed by atoms with Crippen LogP contribution in [0.5, 0.6) is 0 Å². The molecule has 0 spiro atoms. The lowest BCUT2D eigenvalue weighted by molar-refractivity contribution is -0.129. The van der Waals surface area contributed by atoms with Crippen LogP contribution >= 0.6 is 12.2 Å². The molecule has 0 aromatic heterocycles. The van der Waals surface area contributed by atoms with Crippen LogP contribution in [0.2, 0.25) is 0 Å². The lowest BCUT2D eigenvalue weighted by Gasteiger charge is -2.35. The van der Waals surface area contributed by atoms with Gasteiger partial charge in [0.15, 0.2) is 0 Å². The van der Waals surface area contributed by atoms with Gasteiger partial charge >= 0.3 is 0 Å². The van der Waals surface area contributed by atoms with E-state index in [9.17, 15) is 4.79 Å². The van der Waals surface area contributed by atoms with Gasteiger partial charge in [0.25, 0.3) is 0 Å². The van der Waals surface area contributed by atoms with Crippen molar-refractivity contribution in [3.05, 3.63) is 0 Å². The van der Waals surface area contributed by atoms with E-state index in [1.165, 1.54) is 0 Å². The standard InChI is InChI=1S/C13H24N2O2S/c1-3-17-9-10(2)15-12(16)13(11(14)18)7-5-4-6-8-13/h10H,3-9H2,1-2H3,(H2,14,18)(H,15,16). The van der Waals surface area contributed by atoms with Crippen LogP contribution in [0.3, 0.4) is 0 Å². The quantitative estimate of drug-likeness (QED) is 0.723. The Balaban J connectivity index is 2.63. The number of rotatable bonds is 6. The van der Waals surface area contributed by atoms with Gasteiger partial charge < -0.3 is 15.8 Å². The van der Waals surface area contributed by atoms with Crippen LogP contribution in [0, 0.1) is 5.41 Å². The van der Waals surface area contributed by atoms with Crippen LogP contribution < -0.4 is 11.1 Å². The molecule has 0 bridgehead atoms. The van der Waals surface area contributed by atoms with E-state index >= 15 is 0 Å². The van der Waals surface area contributed by atoms with Crippen molar-refractivity contribution in [1.82, 2.24) is 5.32 Å². The molecule has 0 heterocycles. The SMILES string of the molecule is CCOCC(C)NC(=O)C1(C(N)=S)CCCCC1. The Morgan fingerprint density at radius 3 is 2.56 bits per heavy atom. The Hall–Kier alpha value is -0.680. The molecule has 0 aliphatic heterocycles. The molecule has 1 rings (SSSR count). The molecule has 1 aliphatic rings. The monoisotopic (exact) mass is 272 g/mol. The maximum Gasteiger partial charge on any atom is 0.233 e. The number of carbonyl (C=O) groups is 1. The van der Waals surface area contributed by atoms with Crippen LogP contribution in [0.1, 0.15) is 46.0 Å². The first-order valence-electron chi connectivity index (χ1n) is 6.71. The van der Waals surface area contributed by atoms with Crippen LogP contribution in [0.4, 0.5) is 0 Å². The summed E-state index contributed by atoms with van der Waals surface area (Å²) in [5.41, 5.74) is 5.19. The summed E-state index contributed by atoms with van der Waals surface area (Å²) in [6, 6.07) is -0.00870. The maximum atomic E-state index is 12.4. The summed E-state index contributed by atoms with van der Waals surface area (Å²) in [6.45, 7) is 5.05. The van der Waals surface area contributed by atoms with E-state index in [0.29, 0.717) is 18.2 Å². The van der Waals surface area contributed by atoms with E-state index in [-0.39, 0.29) is 11.9 Å². The fourth-order valence-electron chi connectivity index (χ4n) is 2.44. The van der Waals surface area contributed by atoms with E-state index < -0.39 is 5.41 Å². The van der Waals surface area contributed by atoms with Gasteiger partial charge in [-0.05, 0) is 26.7 Å². The molecular formula is C13H24N2O2S. The Morgan fingerprint density at radius 1 is 1.44 bits per heavy atom. The minimum Gasteiger partial charge on any atom is -0.392 e. The number of carbonyl (C=O) groups excluding carboxylic acids is 1. The highest BCUT2D eigenvalue weighted by Gasteiger charge is 2.42. The number of nitrogens with two attached hydrogens (primary N) is 1. The van der Waals surface area contributed by atoms with Crippen LogP contribution in [-0.2, 0) is 9.53 Å². The van der Waals surface area contributed by atoms with Crippen molar-refractivity contribution in [2.75, 3.05) is 13.2 Å². The minimum absolute atomic E-state index is 0.00870. The second kappa shape index (κ2) is 7.04. The average Bonchev–Trinajstić information content (AvgIpc) is 2.36. The lowest BCUT2D eigenvalue weighted by atomic mass is 9.73. The smallest absolute Gasteiger partial charge is 0.233 e. The molecule has 0 saturated heterocycles. The highest BCUT2D eigenvalue weighted by atomic mass is 32.1. The van der Waals surface area contributed by atoms with E-state index in [1.54, 1.807) is 0 Å². The molecule has 3 N–H and O–H groups in total. The van der Waals surface area contributed by atoms with Crippen molar-refractivity contribution in [1.29, 1.82) is 0 Å². The maximum absolute atomic E-state index is 12.4. The molecular weight excluding hydrogens is 248 g/mol. The zero-order chi connectivity index (χ0) is 13.6. The summed E-state index contributed by atoms with van der Waals surface area (Å²) in [5, 5.41) is 2.98. The normalized spacial score (nSPS) is 20.1. The first kappa shape index (κ1) is 15.4. The number of hydrogen-bond acceptors (Lipinski definition) is 3. The Morgan fingerprint density at radius 2 is 2.06 bits per heavy atom. The summed E-state index contributed by atoms with van der Waals surface area (Å²) in [4.78, 5) is 12.7. The van der Waals surface area contributed by atoms with Gasteiger partial charge in [-0.25, -0.2) is 0 Å². The molecule has 104 valence electrons. The third-order valence-electron chi connectivity index (χ3n) is 3.56. The molecule has 1 saturated carbocycles. The highest BCUT2D eigenvalue weighted by molar-refractivity contribution is 7.80.